The number of nitrogens with zero attached hydrogens (tertiary/aromatic N) is 3. The van der Waals surface area contributed by atoms with Gasteiger partial charge in [0.25, 0.3) is 5.91 Å². The van der Waals surface area contributed by atoms with Gasteiger partial charge in [-0.3, -0.25) is 9.59 Å². The number of piperidine rings is 1. The van der Waals surface area contributed by atoms with Crippen molar-refractivity contribution in [2.24, 2.45) is 11.8 Å². The van der Waals surface area contributed by atoms with Crippen molar-refractivity contribution in [2.45, 2.75) is 19.3 Å². The molecule has 30 heavy (non-hydrogen) atoms. The van der Waals surface area contributed by atoms with Crippen molar-refractivity contribution >= 4 is 17.8 Å². The average Bonchev–Trinajstić information content (AvgIpc) is 3.10. The number of hydrogen-bond donors (Lipinski definition) is 1. The molecule has 8 nitrogen and oxygen atoms in total. The van der Waals surface area contributed by atoms with Gasteiger partial charge in [-0.05, 0) is 36.8 Å². The van der Waals surface area contributed by atoms with Crippen LogP contribution in [-0.4, -0.2) is 85.0 Å². The zero-order valence-corrected chi connectivity index (χ0v) is 17.3. The Hall–Kier alpha value is -2.77. The molecule has 0 bridgehead atoms. The lowest BCUT2D eigenvalue weighted by molar-refractivity contribution is -0.136. The van der Waals surface area contributed by atoms with Crippen molar-refractivity contribution in [1.82, 2.24) is 20.0 Å². The topological polar surface area (TPSA) is 82.2 Å². The molecule has 4 rings (SSSR count). The number of likely N-dealkylation sites (tertiary alicyclic amines) is 2. The maximum atomic E-state index is 12.7. The maximum absolute atomic E-state index is 12.7. The van der Waals surface area contributed by atoms with Crippen LogP contribution in [0.15, 0.2) is 30.3 Å². The number of fused-ring (bicyclic) bond motifs is 1. The monoisotopic (exact) mass is 414 g/mol. The minimum absolute atomic E-state index is 0.00442. The summed E-state index contributed by atoms with van der Waals surface area (Å²) < 4.78 is 5.61. The zero-order valence-electron chi connectivity index (χ0n) is 17.3. The molecule has 1 aromatic carbocycles. The molecule has 0 radical (unpaired) electrons. The Morgan fingerprint density at radius 2 is 1.77 bits per heavy atom. The standard InChI is InChI=1S/C22H30N4O4/c27-20-14-17-6-10-26(21(28)16-30-19-4-2-1-3-5-19)15-18(17)7-9-24(20)12-13-25-11-8-23-22(25)29/h1-5,17-18H,6-16H2,(H,23,29). The molecule has 3 aliphatic heterocycles. The van der Waals surface area contributed by atoms with Gasteiger partial charge in [-0.25, -0.2) is 4.79 Å². The second-order valence-electron chi connectivity index (χ2n) is 8.34. The second-order valence-corrected chi connectivity index (χ2v) is 8.34. The van der Waals surface area contributed by atoms with E-state index in [0.29, 0.717) is 69.8 Å². The Kier molecular flexibility index (Phi) is 6.40. The van der Waals surface area contributed by atoms with Crippen LogP contribution in [0.5, 0.6) is 5.75 Å². The number of benzene rings is 1. The lowest BCUT2D eigenvalue weighted by atomic mass is 9.82. The summed E-state index contributed by atoms with van der Waals surface area (Å²) in [5.74, 6) is 1.54. The number of amides is 4. The Balaban J connectivity index is 1.27. The van der Waals surface area contributed by atoms with Gasteiger partial charge in [0.1, 0.15) is 5.75 Å². The Bertz CT molecular complexity index is 772. The van der Waals surface area contributed by atoms with E-state index in [1.54, 1.807) is 4.90 Å². The van der Waals surface area contributed by atoms with Gasteiger partial charge in [0.2, 0.25) is 5.91 Å². The number of hydrogen-bond acceptors (Lipinski definition) is 4. The molecule has 1 N–H and O–H groups in total. The van der Waals surface area contributed by atoms with Crippen LogP contribution < -0.4 is 10.1 Å². The number of rotatable bonds is 6. The van der Waals surface area contributed by atoms with Gasteiger partial charge in [0, 0.05) is 52.2 Å². The molecular formula is C22H30N4O4. The van der Waals surface area contributed by atoms with Gasteiger partial charge in [0.15, 0.2) is 6.61 Å². The van der Waals surface area contributed by atoms with Crippen LogP contribution in [0.1, 0.15) is 19.3 Å². The van der Waals surface area contributed by atoms with Gasteiger partial charge < -0.3 is 24.8 Å². The van der Waals surface area contributed by atoms with Gasteiger partial charge in [-0.15, -0.1) is 0 Å². The van der Waals surface area contributed by atoms with Crippen molar-refractivity contribution < 1.29 is 19.1 Å². The lowest BCUT2D eigenvalue weighted by Gasteiger charge is -2.37. The fraction of sp³-hybridized carbons (Fsp3) is 0.591. The van der Waals surface area contributed by atoms with Crippen LogP contribution in [0.3, 0.4) is 0 Å². The van der Waals surface area contributed by atoms with Gasteiger partial charge in [-0.1, -0.05) is 18.2 Å². The van der Waals surface area contributed by atoms with Crippen LogP contribution in [-0.2, 0) is 9.59 Å². The fourth-order valence-electron chi connectivity index (χ4n) is 4.66. The first-order chi connectivity index (χ1) is 14.6. The van der Waals surface area contributed by atoms with Crippen molar-refractivity contribution in [3.8, 4) is 5.75 Å². The van der Waals surface area contributed by atoms with Crippen LogP contribution in [0.4, 0.5) is 4.79 Å². The molecule has 0 aromatic heterocycles. The molecular weight excluding hydrogens is 384 g/mol. The van der Waals surface area contributed by atoms with Crippen LogP contribution in [0, 0.1) is 11.8 Å². The molecule has 1 aromatic rings. The van der Waals surface area contributed by atoms with Crippen LogP contribution in [0.2, 0.25) is 0 Å². The molecule has 8 heteroatoms. The Labute approximate surface area is 177 Å². The van der Waals surface area contributed by atoms with E-state index < -0.39 is 0 Å². The first kappa shape index (κ1) is 20.5. The summed E-state index contributed by atoms with van der Waals surface area (Å²) in [4.78, 5) is 42.6. The van der Waals surface area contributed by atoms with Crippen molar-refractivity contribution in [3.63, 3.8) is 0 Å². The highest BCUT2D eigenvalue weighted by atomic mass is 16.5. The number of ether oxygens (including phenoxy) is 1. The summed E-state index contributed by atoms with van der Waals surface area (Å²) in [5.41, 5.74) is 0. The molecule has 4 amide bonds. The van der Waals surface area contributed by atoms with Crippen molar-refractivity contribution in [3.05, 3.63) is 30.3 Å². The Morgan fingerprint density at radius 1 is 1.00 bits per heavy atom. The predicted octanol–water partition coefficient (Wildman–Crippen LogP) is 1.18. The summed E-state index contributed by atoms with van der Waals surface area (Å²) in [5, 5.41) is 2.79. The van der Waals surface area contributed by atoms with Gasteiger partial charge >= 0.3 is 6.03 Å². The third-order valence-corrected chi connectivity index (χ3v) is 6.49. The second kappa shape index (κ2) is 9.36. The fourth-order valence-corrected chi connectivity index (χ4v) is 4.66. The third kappa shape index (κ3) is 4.86. The van der Waals surface area contributed by atoms with Crippen molar-refractivity contribution in [1.29, 1.82) is 0 Å². The number of carbonyl (C=O) groups is 3. The zero-order chi connectivity index (χ0) is 20.9. The first-order valence-electron chi connectivity index (χ1n) is 10.9. The average molecular weight is 415 g/mol. The molecule has 0 saturated carbocycles. The molecule has 0 spiro atoms. The number of carbonyl (C=O) groups excluding carboxylic acids is 3. The van der Waals surface area contributed by atoms with Crippen LogP contribution >= 0.6 is 0 Å². The number of nitrogens with one attached hydrogen (secondary N) is 1. The van der Waals surface area contributed by atoms with Gasteiger partial charge in [-0.2, -0.15) is 0 Å². The molecule has 0 aliphatic carbocycles. The van der Waals surface area contributed by atoms with E-state index in [-0.39, 0.29) is 24.5 Å². The minimum Gasteiger partial charge on any atom is -0.484 e. The highest BCUT2D eigenvalue weighted by Gasteiger charge is 2.36. The van der Waals surface area contributed by atoms with E-state index in [2.05, 4.69) is 5.32 Å². The summed E-state index contributed by atoms with van der Waals surface area (Å²) in [6.07, 6.45) is 2.29. The van der Waals surface area contributed by atoms with Crippen LogP contribution in [0.25, 0.3) is 0 Å². The highest BCUT2D eigenvalue weighted by Crippen LogP contribution is 2.32. The number of para-hydroxylation sites is 1. The van der Waals surface area contributed by atoms with E-state index in [4.69, 9.17) is 4.74 Å². The molecule has 162 valence electrons. The lowest BCUT2D eigenvalue weighted by Crippen LogP contribution is -2.45. The number of urea groups is 1. The predicted molar refractivity (Wildman–Crippen MR) is 111 cm³/mol. The van der Waals surface area contributed by atoms with E-state index in [9.17, 15) is 14.4 Å². The highest BCUT2D eigenvalue weighted by molar-refractivity contribution is 5.79. The molecule has 3 fully saturated rings. The normalized spacial score (nSPS) is 24.3. The summed E-state index contributed by atoms with van der Waals surface area (Å²) in [6, 6.07) is 9.33. The SMILES string of the molecule is O=C1CC2CCN(C(=O)COc3ccccc3)CC2CCN1CCN1CCNC1=O. The first-order valence-corrected chi connectivity index (χ1v) is 10.9. The largest absolute Gasteiger partial charge is 0.484 e. The summed E-state index contributed by atoms with van der Waals surface area (Å²) in [6.45, 7) is 4.65. The molecule has 2 atom stereocenters. The van der Waals surface area contributed by atoms with Crippen molar-refractivity contribution in [2.75, 3.05) is 52.4 Å². The minimum atomic E-state index is -0.0437. The summed E-state index contributed by atoms with van der Waals surface area (Å²) >= 11 is 0. The molecule has 3 aliphatic rings. The Morgan fingerprint density at radius 3 is 2.53 bits per heavy atom. The smallest absolute Gasteiger partial charge is 0.317 e. The third-order valence-electron chi connectivity index (χ3n) is 6.49. The van der Waals surface area contributed by atoms with E-state index >= 15 is 0 Å². The van der Waals surface area contributed by atoms with Gasteiger partial charge in [0.05, 0.1) is 0 Å². The maximum Gasteiger partial charge on any atom is 0.317 e. The van der Waals surface area contributed by atoms with E-state index in [1.807, 2.05) is 40.1 Å². The molecule has 3 heterocycles. The molecule has 3 saturated heterocycles. The molecule has 2 unspecified atom stereocenters. The quantitative estimate of drug-likeness (QED) is 0.758. The van der Waals surface area contributed by atoms with E-state index in [1.165, 1.54) is 0 Å². The summed E-state index contributed by atoms with van der Waals surface area (Å²) in [7, 11) is 0. The van der Waals surface area contributed by atoms with E-state index in [0.717, 1.165) is 12.8 Å².